The number of nitrogens with zero attached hydrogens (tertiary/aromatic N) is 2. The number of hydrogen-bond donors (Lipinski definition) is 1. The summed E-state index contributed by atoms with van der Waals surface area (Å²) in [4.78, 5) is 41.1. The van der Waals surface area contributed by atoms with Gasteiger partial charge < -0.3 is 15.0 Å². The van der Waals surface area contributed by atoms with Gasteiger partial charge in [0.1, 0.15) is 12.0 Å². The highest BCUT2D eigenvalue weighted by Gasteiger charge is 2.28. The van der Waals surface area contributed by atoms with Crippen molar-refractivity contribution >= 4 is 29.5 Å². The van der Waals surface area contributed by atoms with Crippen LogP contribution in [0.1, 0.15) is 24.8 Å². The van der Waals surface area contributed by atoms with Gasteiger partial charge in [-0.15, -0.1) is 0 Å². The molecule has 2 aliphatic heterocycles. The van der Waals surface area contributed by atoms with Gasteiger partial charge >= 0.3 is 0 Å². The van der Waals surface area contributed by atoms with E-state index in [1.807, 2.05) is 24.3 Å². The number of para-hydroxylation sites is 1. The van der Waals surface area contributed by atoms with E-state index in [4.69, 9.17) is 0 Å². The first kappa shape index (κ1) is 15.4. The lowest BCUT2D eigenvalue weighted by Crippen LogP contribution is -2.44. The number of hydrogen-bond acceptors (Lipinski definition) is 4. The molecule has 6 heteroatoms. The number of rotatable bonds is 4. The fourth-order valence-corrected chi connectivity index (χ4v) is 3.05. The van der Waals surface area contributed by atoms with E-state index in [1.165, 1.54) is 4.90 Å². The second kappa shape index (κ2) is 6.73. The van der Waals surface area contributed by atoms with Crippen LogP contribution in [-0.4, -0.2) is 47.8 Å². The molecule has 2 amide bonds. The average molecular weight is 313 g/mol. The molecule has 120 valence electrons. The molecule has 0 bridgehead atoms. The third-order valence-electron chi connectivity index (χ3n) is 4.32. The highest BCUT2D eigenvalue weighted by molar-refractivity contribution is 6.39. The van der Waals surface area contributed by atoms with E-state index < -0.39 is 0 Å². The molecule has 6 nitrogen and oxygen atoms in total. The first-order valence-electron chi connectivity index (χ1n) is 7.87. The van der Waals surface area contributed by atoms with Gasteiger partial charge in [0.15, 0.2) is 0 Å². The van der Waals surface area contributed by atoms with Crippen LogP contribution in [0.3, 0.4) is 0 Å². The number of amides is 2. The normalized spacial score (nSPS) is 19.7. The minimum absolute atomic E-state index is 0.0934. The third kappa shape index (κ3) is 3.31. The molecular weight excluding hydrogens is 294 g/mol. The Hall–Kier alpha value is -2.50. The molecule has 1 fully saturated rings. The molecule has 1 N–H and O–H groups in total. The van der Waals surface area contributed by atoms with Crippen molar-refractivity contribution in [2.45, 2.75) is 31.7 Å². The van der Waals surface area contributed by atoms with Crippen LogP contribution >= 0.6 is 0 Å². The van der Waals surface area contributed by atoms with E-state index in [0.717, 1.165) is 30.4 Å². The summed E-state index contributed by atoms with van der Waals surface area (Å²) < 4.78 is 0. The van der Waals surface area contributed by atoms with Crippen LogP contribution in [0, 0.1) is 0 Å². The Morgan fingerprint density at radius 2 is 2.13 bits per heavy atom. The molecule has 1 aromatic rings. The first-order valence-corrected chi connectivity index (χ1v) is 7.87. The summed E-state index contributed by atoms with van der Waals surface area (Å²) in [5, 5.41) is 2.63. The van der Waals surface area contributed by atoms with Crippen molar-refractivity contribution in [3.63, 3.8) is 0 Å². The molecule has 0 spiro atoms. The standard InChI is InChI=1S/C17H19N3O3/c21-11-13-5-3-9-20(13)16(22)10-18-17(23)15-8-7-12-4-1-2-6-14(12)19-15/h1-2,4,6,11,13H,3,5,7-10H2,(H,18,23)/t13-/m1/s1. The number of aldehydes is 1. The number of nitrogens with one attached hydrogen (secondary N) is 1. The second-order valence-corrected chi connectivity index (χ2v) is 5.80. The molecule has 0 radical (unpaired) electrons. The Balaban J connectivity index is 1.59. The number of carbonyl (C=O) groups excluding carboxylic acids is 3. The van der Waals surface area contributed by atoms with Crippen LogP contribution in [-0.2, 0) is 20.8 Å². The van der Waals surface area contributed by atoms with Crippen molar-refractivity contribution in [2.24, 2.45) is 4.99 Å². The van der Waals surface area contributed by atoms with Gasteiger partial charge in [0, 0.05) is 6.54 Å². The molecule has 0 saturated carbocycles. The SMILES string of the molecule is O=C[C@H]1CCCN1C(=O)CNC(=O)C1=Nc2ccccc2CC1. The van der Waals surface area contributed by atoms with Crippen LogP contribution in [0.25, 0.3) is 0 Å². The number of likely N-dealkylation sites (tertiary alicyclic amines) is 1. The largest absolute Gasteiger partial charge is 0.342 e. The second-order valence-electron chi connectivity index (χ2n) is 5.80. The van der Waals surface area contributed by atoms with Gasteiger partial charge in [-0.3, -0.25) is 9.59 Å². The van der Waals surface area contributed by atoms with Crippen molar-refractivity contribution in [1.29, 1.82) is 0 Å². The summed E-state index contributed by atoms with van der Waals surface area (Å²) in [7, 11) is 0. The summed E-state index contributed by atoms with van der Waals surface area (Å²) in [6, 6.07) is 7.38. The van der Waals surface area contributed by atoms with E-state index in [1.54, 1.807) is 0 Å². The predicted molar refractivity (Wildman–Crippen MR) is 85.7 cm³/mol. The van der Waals surface area contributed by atoms with E-state index in [9.17, 15) is 14.4 Å². The van der Waals surface area contributed by atoms with Gasteiger partial charge in [0.05, 0.1) is 18.3 Å². The minimum atomic E-state index is -0.349. The highest BCUT2D eigenvalue weighted by atomic mass is 16.2. The molecule has 0 aromatic heterocycles. The molecule has 1 atom stereocenters. The van der Waals surface area contributed by atoms with Crippen molar-refractivity contribution in [3.05, 3.63) is 29.8 Å². The zero-order valence-electron chi connectivity index (χ0n) is 12.8. The molecule has 23 heavy (non-hydrogen) atoms. The quantitative estimate of drug-likeness (QED) is 0.843. The first-order chi connectivity index (χ1) is 11.2. The summed E-state index contributed by atoms with van der Waals surface area (Å²) in [5.41, 5.74) is 2.40. The summed E-state index contributed by atoms with van der Waals surface area (Å²) in [5.74, 6) is -0.528. The van der Waals surface area contributed by atoms with Gasteiger partial charge in [-0.05, 0) is 37.3 Å². The van der Waals surface area contributed by atoms with Crippen LogP contribution in [0.15, 0.2) is 29.3 Å². The molecule has 1 aromatic carbocycles. The van der Waals surface area contributed by atoms with E-state index in [0.29, 0.717) is 25.1 Å². The molecule has 2 aliphatic rings. The lowest BCUT2D eigenvalue weighted by Gasteiger charge is -2.21. The summed E-state index contributed by atoms with van der Waals surface area (Å²) >= 11 is 0. The van der Waals surface area contributed by atoms with Crippen molar-refractivity contribution in [2.75, 3.05) is 13.1 Å². The summed E-state index contributed by atoms with van der Waals surface area (Å²) in [6.07, 6.45) is 3.67. The van der Waals surface area contributed by atoms with Crippen LogP contribution in [0.4, 0.5) is 5.69 Å². The van der Waals surface area contributed by atoms with Crippen LogP contribution in [0.5, 0.6) is 0 Å². The Kier molecular flexibility index (Phi) is 4.50. The van der Waals surface area contributed by atoms with Gasteiger partial charge in [-0.1, -0.05) is 18.2 Å². The van der Waals surface area contributed by atoms with Crippen LogP contribution < -0.4 is 5.32 Å². The van der Waals surface area contributed by atoms with Gasteiger partial charge in [-0.25, -0.2) is 4.99 Å². The monoisotopic (exact) mass is 313 g/mol. The Bertz CT molecular complexity index is 669. The Labute approximate surface area is 134 Å². The van der Waals surface area contributed by atoms with Crippen molar-refractivity contribution in [3.8, 4) is 0 Å². The van der Waals surface area contributed by atoms with E-state index >= 15 is 0 Å². The molecule has 3 rings (SSSR count). The van der Waals surface area contributed by atoms with Crippen molar-refractivity contribution in [1.82, 2.24) is 10.2 Å². The average Bonchev–Trinajstić information content (AvgIpc) is 3.07. The zero-order valence-corrected chi connectivity index (χ0v) is 12.8. The summed E-state index contributed by atoms with van der Waals surface area (Å²) in [6.45, 7) is 0.482. The number of carbonyl (C=O) groups is 3. The number of fused-ring (bicyclic) bond motifs is 1. The smallest absolute Gasteiger partial charge is 0.266 e. The molecule has 0 unspecified atom stereocenters. The number of aliphatic imine (C=N–C) groups is 1. The van der Waals surface area contributed by atoms with Crippen LogP contribution in [0.2, 0.25) is 0 Å². The Morgan fingerprint density at radius 3 is 2.96 bits per heavy atom. The van der Waals surface area contributed by atoms with E-state index in [-0.39, 0.29) is 24.4 Å². The fraction of sp³-hybridized carbons (Fsp3) is 0.412. The molecule has 1 saturated heterocycles. The molecular formula is C17H19N3O3. The number of aryl methyl sites for hydroxylation is 1. The van der Waals surface area contributed by atoms with Crippen molar-refractivity contribution < 1.29 is 14.4 Å². The maximum Gasteiger partial charge on any atom is 0.266 e. The van der Waals surface area contributed by atoms with E-state index in [2.05, 4.69) is 10.3 Å². The molecule has 0 aliphatic carbocycles. The fourth-order valence-electron chi connectivity index (χ4n) is 3.05. The lowest BCUT2D eigenvalue weighted by atomic mass is 10.0. The zero-order chi connectivity index (χ0) is 16.2. The maximum absolute atomic E-state index is 12.2. The molecule has 2 heterocycles. The topological polar surface area (TPSA) is 78.8 Å². The highest BCUT2D eigenvalue weighted by Crippen LogP contribution is 2.25. The van der Waals surface area contributed by atoms with Gasteiger partial charge in [0.2, 0.25) is 5.91 Å². The van der Waals surface area contributed by atoms with Gasteiger partial charge in [0.25, 0.3) is 5.91 Å². The third-order valence-corrected chi connectivity index (χ3v) is 4.32. The minimum Gasteiger partial charge on any atom is -0.342 e. The predicted octanol–water partition coefficient (Wildman–Crippen LogP) is 1.01. The Morgan fingerprint density at radius 1 is 1.30 bits per heavy atom. The van der Waals surface area contributed by atoms with Gasteiger partial charge in [-0.2, -0.15) is 0 Å². The number of benzene rings is 1. The maximum atomic E-state index is 12.2. The lowest BCUT2D eigenvalue weighted by molar-refractivity contribution is -0.134.